The first-order chi connectivity index (χ1) is 16.0. The number of allylic oxidation sites excluding steroid dienone is 2. The normalized spacial score (nSPS) is 18.7. The number of rotatable bonds is 5. The van der Waals surface area contributed by atoms with E-state index in [0.29, 0.717) is 29.8 Å². The largest absolute Gasteiger partial charge is 0.334 e. The van der Waals surface area contributed by atoms with E-state index in [0.717, 1.165) is 44.1 Å². The van der Waals surface area contributed by atoms with Gasteiger partial charge in [0.2, 0.25) is 5.91 Å². The zero-order valence-corrected chi connectivity index (χ0v) is 21.6. The predicted molar refractivity (Wildman–Crippen MR) is 139 cm³/mol. The molecule has 0 radical (unpaired) electrons. The molecule has 33 heavy (non-hydrogen) atoms. The lowest BCUT2D eigenvalue weighted by molar-refractivity contribution is -0.128. The van der Waals surface area contributed by atoms with Crippen molar-refractivity contribution in [2.45, 2.75) is 30.2 Å². The summed E-state index contributed by atoms with van der Waals surface area (Å²) in [5, 5.41) is 5.90. The highest BCUT2D eigenvalue weighted by atomic mass is 127. The van der Waals surface area contributed by atoms with Crippen LogP contribution in [0.4, 0.5) is 5.95 Å². The molecule has 3 aromatic rings. The van der Waals surface area contributed by atoms with Crippen molar-refractivity contribution >= 4 is 63.0 Å². The molecule has 170 valence electrons. The summed E-state index contributed by atoms with van der Waals surface area (Å²) >= 11 is 9.95. The van der Waals surface area contributed by atoms with Crippen molar-refractivity contribution < 1.29 is 9.32 Å². The van der Waals surface area contributed by atoms with E-state index >= 15 is 0 Å². The highest BCUT2D eigenvalue weighted by Gasteiger charge is 2.34. The molecule has 2 aliphatic rings. The maximum absolute atomic E-state index is 12.7. The molecule has 2 aromatic heterocycles. The molecule has 0 bridgehead atoms. The number of carbonyl (C=O) groups is 1. The molecule has 0 aliphatic carbocycles. The third-order valence-electron chi connectivity index (χ3n) is 5.73. The molecular weight excluding hydrogens is 573 g/mol. The summed E-state index contributed by atoms with van der Waals surface area (Å²) in [5.74, 6) is 1.11. The SMILES string of the molecule is Cc1nc(CI)c(-c2nc(N3C=CC=C(c4ccc(Cl)cc4)C(N4CCCC4=O)C3)no2)s1. The number of amides is 1. The third kappa shape index (κ3) is 4.58. The Labute approximate surface area is 214 Å². The molecule has 1 atom stereocenters. The molecule has 1 fully saturated rings. The summed E-state index contributed by atoms with van der Waals surface area (Å²) < 4.78 is 6.40. The maximum Gasteiger partial charge on any atom is 0.271 e. The molecule has 4 heterocycles. The molecular formula is C23H21ClIN5O2S. The third-order valence-corrected chi connectivity index (χ3v) is 7.71. The van der Waals surface area contributed by atoms with Crippen LogP contribution in [0.5, 0.6) is 0 Å². The summed E-state index contributed by atoms with van der Waals surface area (Å²) in [7, 11) is 0. The number of carbonyl (C=O) groups excluding carboxylic acids is 1. The molecule has 1 saturated heterocycles. The van der Waals surface area contributed by atoms with Gasteiger partial charge in [0.25, 0.3) is 11.8 Å². The van der Waals surface area contributed by atoms with Crippen molar-refractivity contribution in [1.29, 1.82) is 0 Å². The number of alkyl halides is 1. The second kappa shape index (κ2) is 9.55. The number of aromatic nitrogens is 3. The number of hydrogen-bond acceptors (Lipinski definition) is 7. The molecule has 2 aliphatic heterocycles. The van der Waals surface area contributed by atoms with E-state index in [1.807, 2.05) is 53.3 Å². The minimum Gasteiger partial charge on any atom is -0.334 e. The Morgan fingerprint density at radius 1 is 1.27 bits per heavy atom. The van der Waals surface area contributed by atoms with Crippen LogP contribution in [0.1, 0.15) is 29.1 Å². The van der Waals surface area contributed by atoms with E-state index in [4.69, 9.17) is 16.1 Å². The van der Waals surface area contributed by atoms with E-state index in [1.54, 1.807) is 11.3 Å². The first kappa shape index (κ1) is 22.5. The summed E-state index contributed by atoms with van der Waals surface area (Å²) in [5.41, 5.74) is 3.05. The number of likely N-dealkylation sites (tertiary alicyclic amines) is 1. The van der Waals surface area contributed by atoms with E-state index in [-0.39, 0.29) is 11.9 Å². The summed E-state index contributed by atoms with van der Waals surface area (Å²) in [6.07, 6.45) is 7.40. The van der Waals surface area contributed by atoms with Gasteiger partial charge in [0.05, 0.1) is 23.3 Å². The average Bonchev–Trinajstić information content (AvgIpc) is 3.51. The van der Waals surface area contributed by atoms with Crippen LogP contribution >= 0.6 is 45.5 Å². The zero-order chi connectivity index (χ0) is 22.9. The van der Waals surface area contributed by atoms with E-state index in [1.165, 1.54) is 0 Å². The fourth-order valence-electron chi connectivity index (χ4n) is 4.20. The smallest absolute Gasteiger partial charge is 0.271 e. The lowest BCUT2D eigenvalue weighted by Gasteiger charge is -2.32. The van der Waals surface area contributed by atoms with Crippen molar-refractivity contribution in [3.63, 3.8) is 0 Å². The van der Waals surface area contributed by atoms with Crippen LogP contribution in [0.3, 0.4) is 0 Å². The van der Waals surface area contributed by atoms with Crippen LogP contribution < -0.4 is 4.90 Å². The molecule has 7 nitrogen and oxygen atoms in total. The van der Waals surface area contributed by atoms with Gasteiger partial charge in [0, 0.05) is 28.6 Å². The number of halogens is 2. The topological polar surface area (TPSA) is 75.4 Å². The van der Waals surface area contributed by atoms with Gasteiger partial charge in [0.15, 0.2) is 0 Å². The summed E-state index contributed by atoms with van der Waals surface area (Å²) in [6.45, 7) is 3.23. The summed E-state index contributed by atoms with van der Waals surface area (Å²) in [4.78, 5) is 26.8. The number of thiazole rings is 1. The highest BCUT2D eigenvalue weighted by molar-refractivity contribution is 14.1. The lowest BCUT2D eigenvalue weighted by Crippen LogP contribution is -2.44. The van der Waals surface area contributed by atoms with Crippen LogP contribution in [-0.2, 0) is 9.22 Å². The molecule has 1 amide bonds. The van der Waals surface area contributed by atoms with Crippen LogP contribution in [0.2, 0.25) is 5.02 Å². The standard InChI is InChI=1S/C23H21ClIN5O2S/c1-14-26-18(12-25)21(33-14)22-27-23(28-32-22)29-10-2-4-17(15-6-8-16(24)9-7-15)19(13-29)30-11-3-5-20(30)31/h2,4,6-10,19H,3,5,11-13H2,1H3. The average molecular weight is 594 g/mol. The molecule has 0 spiro atoms. The fraction of sp³-hybridized carbons (Fsp3) is 0.304. The van der Waals surface area contributed by atoms with Crippen LogP contribution in [0.25, 0.3) is 16.3 Å². The van der Waals surface area contributed by atoms with Gasteiger partial charge >= 0.3 is 0 Å². The van der Waals surface area contributed by atoms with Crippen molar-refractivity contribution in [3.05, 3.63) is 63.9 Å². The first-order valence-electron chi connectivity index (χ1n) is 10.6. The lowest BCUT2D eigenvalue weighted by atomic mass is 9.97. The molecule has 10 heteroatoms. The van der Waals surface area contributed by atoms with Gasteiger partial charge in [-0.05, 0) is 47.8 Å². The quantitative estimate of drug-likeness (QED) is 0.287. The minimum atomic E-state index is -0.145. The van der Waals surface area contributed by atoms with Gasteiger partial charge in [-0.15, -0.1) is 11.3 Å². The van der Waals surface area contributed by atoms with E-state index in [9.17, 15) is 4.79 Å². The Hall–Kier alpha value is -2.24. The molecule has 5 rings (SSSR count). The molecule has 1 aromatic carbocycles. The predicted octanol–water partition coefficient (Wildman–Crippen LogP) is 5.50. The second-order valence-corrected chi connectivity index (χ2v) is 10.3. The van der Waals surface area contributed by atoms with Gasteiger partial charge in [-0.3, -0.25) is 4.79 Å². The molecule has 0 N–H and O–H groups in total. The number of anilines is 1. The van der Waals surface area contributed by atoms with Crippen molar-refractivity contribution in [2.24, 2.45) is 0 Å². The highest BCUT2D eigenvalue weighted by Crippen LogP contribution is 2.33. The second-order valence-electron chi connectivity index (χ2n) is 7.87. The Morgan fingerprint density at radius 3 is 2.82 bits per heavy atom. The Bertz CT molecular complexity index is 1240. The van der Waals surface area contributed by atoms with Gasteiger partial charge in [-0.1, -0.05) is 52.4 Å². The van der Waals surface area contributed by atoms with Crippen LogP contribution in [0.15, 0.2) is 47.1 Å². The maximum atomic E-state index is 12.7. The number of benzene rings is 1. The number of nitrogens with zero attached hydrogens (tertiary/aromatic N) is 5. The minimum absolute atomic E-state index is 0.145. The fourth-order valence-corrected chi connectivity index (χ4v) is 6.00. The Kier molecular flexibility index (Phi) is 6.53. The Balaban J connectivity index is 1.47. The number of aryl methyl sites for hydroxylation is 1. The van der Waals surface area contributed by atoms with E-state index < -0.39 is 0 Å². The van der Waals surface area contributed by atoms with E-state index in [2.05, 4.69) is 43.8 Å². The summed E-state index contributed by atoms with van der Waals surface area (Å²) in [6, 6.07) is 7.60. The number of hydrogen-bond donors (Lipinski definition) is 0. The molecule has 1 unspecified atom stereocenters. The zero-order valence-electron chi connectivity index (χ0n) is 17.9. The monoisotopic (exact) mass is 593 g/mol. The Morgan fingerprint density at radius 2 is 2.09 bits per heavy atom. The van der Waals surface area contributed by atoms with Gasteiger partial charge in [0.1, 0.15) is 4.88 Å². The van der Waals surface area contributed by atoms with Crippen molar-refractivity contribution in [1.82, 2.24) is 20.0 Å². The van der Waals surface area contributed by atoms with Crippen molar-refractivity contribution in [3.8, 4) is 10.8 Å². The van der Waals surface area contributed by atoms with Gasteiger partial charge in [-0.25, -0.2) is 4.98 Å². The van der Waals surface area contributed by atoms with Gasteiger partial charge in [-0.2, -0.15) is 4.98 Å². The van der Waals surface area contributed by atoms with Gasteiger partial charge < -0.3 is 14.3 Å². The first-order valence-corrected chi connectivity index (χ1v) is 13.3. The molecule has 0 saturated carbocycles. The van der Waals surface area contributed by atoms with Crippen molar-refractivity contribution in [2.75, 3.05) is 18.0 Å². The van der Waals surface area contributed by atoms with Crippen LogP contribution in [0, 0.1) is 6.92 Å². The van der Waals surface area contributed by atoms with Crippen LogP contribution in [-0.4, -0.2) is 45.1 Å².